The number of aliphatic carboxylic acids is 1. The maximum absolute atomic E-state index is 12.2. The van der Waals surface area contributed by atoms with Crippen LogP contribution in [0.4, 0.5) is 5.69 Å². The van der Waals surface area contributed by atoms with Gasteiger partial charge in [0.15, 0.2) is 6.04 Å². The number of nitrogens with one attached hydrogen (secondary N) is 2. The molecule has 2 aromatic rings. The van der Waals surface area contributed by atoms with Crippen LogP contribution in [0.3, 0.4) is 0 Å². The zero-order valence-electron chi connectivity index (χ0n) is 20.3. The molecular weight excluding hydrogens is 448 g/mol. The Morgan fingerprint density at radius 3 is 2.43 bits per heavy atom. The second-order valence-corrected chi connectivity index (χ2v) is 8.57. The molecule has 2 aromatic carbocycles. The lowest BCUT2D eigenvalue weighted by molar-refractivity contribution is -0.145. The first-order valence-electron chi connectivity index (χ1n) is 11.9. The predicted molar refractivity (Wildman–Crippen MR) is 134 cm³/mol. The molecule has 1 atom stereocenters. The number of hydrogen-bond donors (Lipinski definition) is 4. The number of anilines is 1. The van der Waals surface area contributed by atoms with Crippen LogP contribution in [0.1, 0.15) is 49.4 Å². The molecule has 35 heavy (non-hydrogen) atoms. The molecule has 0 aliphatic carbocycles. The smallest absolute Gasteiger partial charge is 0.330 e. The SMILES string of the molecule is CCOC(=O)CN1CCC(Oc2cc(CC)cc(C(Nc3ccc(C(=N)N)cc3)C(=O)O)c2)CC1. The molecule has 3 rings (SSSR count). The molecule has 0 amide bonds. The number of esters is 1. The Kier molecular flexibility index (Phi) is 9.08. The summed E-state index contributed by atoms with van der Waals surface area (Å²) in [6.45, 7) is 5.95. The molecule has 1 saturated heterocycles. The van der Waals surface area contributed by atoms with E-state index in [4.69, 9.17) is 20.6 Å². The van der Waals surface area contributed by atoms with Gasteiger partial charge < -0.3 is 25.6 Å². The zero-order valence-corrected chi connectivity index (χ0v) is 20.3. The molecule has 1 heterocycles. The number of aryl methyl sites for hydroxylation is 1. The van der Waals surface area contributed by atoms with E-state index >= 15 is 0 Å². The van der Waals surface area contributed by atoms with E-state index in [-0.39, 0.29) is 24.5 Å². The summed E-state index contributed by atoms with van der Waals surface area (Å²) >= 11 is 0. The first-order chi connectivity index (χ1) is 16.8. The van der Waals surface area contributed by atoms with Crippen molar-refractivity contribution in [2.24, 2.45) is 5.73 Å². The van der Waals surface area contributed by atoms with Crippen LogP contribution in [0.25, 0.3) is 0 Å². The second kappa shape index (κ2) is 12.2. The topological polar surface area (TPSA) is 138 Å². The van der Waals surface area contributed by atoms with Crippen LogP contribution in [0, 0.1) is 5.41 Å². The molecular formula is C26H34N4O5. The van der Waals surface area contributed by atoms with Gasteiger partial charge in [0.25, 0.3) is 0 Å². The van der Waals surface area contributed by atoms with Crippen molar-refractivity contribution in [3.05, 3.63) is 59.2 Å². The van der Waals surface area contributed by atoms with Crippen molar-refractivity contribution in [2.75, 3.05) is 31.6 Å². The summed E-state index contributed by atoms with van der Waals surface area (Å²) in [6.07, 6.45) is 2.27. The van der Waals surface area contributed by atoms with E-state index in [2.05, 4.69) is 10.2 Å². The third-order valence-corrected chi connectivity index (χ3v) is 5.98. The van der Waals surface area contributed by atoms with Crippen molar-refractivity contribution >= 4 is 23.5 Å². The Balaban J connectivity index is 1.70. The maximum Gasteiger partial charge on any atom is 0.330 e. The van der Waals surface area contributed by atoms with Crippen LogP contribution in [0.15, 0.2) is 42.5 Å². The minimum atomic E-state index is -1.01. The van der Waals surface area contributed by atoms with Gasteiger partial charge in [0.2, 0.25) is 0 Å². The summed E-state index contributed by atoms with van der Waals surface area (Å²) in [5.41, 5.74) is 8.27. The average molecular weight is 483 g/mol. The van der Waals surface area contributed by atoms with Gasteiger partial charge >= 0.3 is 11.9 Å². The van der Waals surface area contributed by atoms with Gasteiger partial charge in [0.05, 0.1) is 13.2 Å². The highest BCUT2D eigenvalue weighted by Crippen LogP contribution is 2.28. The number of carbonyl (C=O) groups excluding carboxylic acids is 1. The van der Waals surface area contributed by atoms with Crippen LogP contribution in [-0.4, -0.2) is 60.1 Å². The van der Waals surface area contributed by atoms with Gasteiger partial charge in [0.1, 0.15) is 17.7 Å². The fourth-order valence-corrected chi connectivity index (χ4v) is 4.09. The van der Waals surface area contributed by atoms with Crippen LogP contribution in [-0.2, 0) is 20.7 Å². The van der Waals surface area contributed by atoms with Crippen molar-refractivity contribution < 1.29 is 24.2 Å². The second-order valence-electron chi connectivity index (χ2n) is 8.57. The molecule has 0 aromatic heterocycles. The lowest BCUT2D eigenvalue weighted by Gasteiger charge is -2.31. The number of carboxylic acids is 1. The van der Waals surface area contributed by atoms with Crippen LogP contribution in [0.2, 0.25) is 0 Å². The van der Waals surface area contributed by atoms with E-state index in [0.29, 0.717) is 29.2 Å². The first-order valence-corrected chi connectivity index (χ1v) is 11.9. The summed E-state index contributed by atoms with van der Waals surface area (Å²) in [5.74, 6) is -0.624. The number of likely N-dealkylation sites (tertiary alicyclic amines) is 1. The fourth-order valence-electron chi connectivity index (χ4n) is 4.09. The highest BCUT2D eigenvalue weighted by Gasteiger charge is 2.25. The molecule has 0 radical (unpaired) electrons. The van der Waals surface area contributed by atoms with Crippen LogP contribution >= 0.6 is 0 Å². The number of benzene rings is 2. The molecule has 0 spiro atoms. The van der Waals surface area contributed by atoms with Gasteiger partial charge in [-0.3, -0.25) is 15.1 Å². The number of nitrogens with two attached hydrogens (primary N) is 1. The van der Waals surface area contributed by atoms with E-state index < -0.39 is 12.0 Å². The van der Waals surface area contributed by atoms with Gasteiger partial charge in [-0.2, -0.15) is 0 Å². The van der Waals surface area contributed by atoms with E-state index in [0.717, 1.165) is 37.9 Å². The zero-order chi connectivity index (χ0) is 25.4. The lowest BCUT2D eigenvalue weighted by Crippen LogP contribution is -2.41. The number of piperidine rings is 1. The molecule has 1 unspecified atom stereocenters. The summed E-state index contributed by atoms with van der Waals surface area (Å²) in [5, 5.41) is 20.5. The number of hydrogen-bond acceptors (Lipinski definition) is 7. The molecule has 1 aliphatic rings. The monoisotopic (exact) mass is 482 g/mol. The van der Waals surface area contributed by atoms with Crippen molar-refractivity contribution in [3.63, 3.8) is 0 Å². The standard InChI is InChI=1S/C26H34N4O5/c1-3-17-13-19(24(26(32)33)29-20-7-5-18(6-8-20)25(27)28)15-22(14-17)35-21-9-11-30(12-10-21)16-23(31)34-4-2/h5-8,13-15,21,24,29H,3-4,9-12,16H2,1-2H3,(H3,27,28)(H,32,33). The predicted octanol–water partition coefficient (Wildman–Crippen LogP) is 3.18. The molecule has 1 fully saturated rings. The largest absolute Gasteiger partial charge is 0.490 e. The molecule has 1 aliphatic heterocycles. The molecule has 0 saturated carbocycles. The Hall–Kier alpha value is -3.59. The maximum atomic E-state index is 12.2. The fraction of sp³-hybridized carbons (Fsp3) is 0.423. The summed E-state index contributed by atoms with van der Waals surface area (Å²) in [6, 6.07) is 11.4. The molecule has 9 nitrogen and oxygen atoms in total. The normalized spacial score (nSPS) is 15.3. The summed E-state index contributed by atoms with van der Waals surface area (Å²) in [4.78, 5) is 25.9. The van der Waals surface area contributed by atoms with E-state index in [9.17, 15) is 14.7 Å². The van der Waals surface area contributed by atoms with Gasteiger partial charge in [-0.25, -0.2) is 4.79 Å². The molecule has 5 N–H and O–H groups in total. The number of nitrogen functional groups attached to an aromatic ring is 1. The van der Waals surface area contributed by atoms with E-state index in [1.165, 1.54) is 0 Å². The summed E-state index contributed by atoms with van der Waals surface area (Å²) < 4.78 is 11.3. The summed E-state index contributed by atoms with van der Waals surface area (Å²) in [7, 11) is 0. The van der Waals surface area contributed by atoms with E-state index in [1.807, 2.05) is 19.1 Å². The van der Waals surface area contributed by atoms with Gasteiger partial charge in [-0.05, 0) is 73.7 Å². The Morgan fingerprint density at radius 1 is 1.17 bits per heavy atom. The van der Waals surface area contributed by atoms with Gasteiger partial charge in [0, 0.05) is 24.3 Å². The van der Waals surface area contributed by atoms with Crippen molar-refractivity contribution in [2.45, 2.75) is 45.3 Å². The highest BCUT2D eigenvalue weighted by atomic mass is 16.5. The third kappa shape index (κ3) is 7.45. The number of rotatable bonds is 11. The van der Waals surface area contributed by atoms with Crippen molar-refractivity contribution in [3.8, 4) is 5.75 Å². The van der Waals surface area contributed by atoms with Crippen molar-refractivity contribution in [1.82, 2.24) is 4.90 Å². The molecule has 9 heteroatoms. The van der Waals surface area contributed by atoms with Crippen molar-refractivity contribution in [1.29, 1.82) is 5.41 Å². The minimum Gasteiger partial charge on any atom is -0.490 e. The number of carboxylic acid groups (broad SMARTS) is 1. The number of amidine groups is 1. The van der Waals surface area contributed by atoms with E-state index in [1.54, 1.807) is 37.3 Å². The first kappa shape index (κ1) is 26.0. The number of ether oxygens (including phenoxy) is 2. The molecule has 188 valence electrons. The van der Waals surface area contributed by atoms with Crippen LogP contribution < -0.4 is 15.8 Å². The quantitative estimate of drug-likeness (QED) is 0.218. The number of nitrogens with zero attached hydrogens (tertiary/aromatic N) is 1. The lowest BCUT2D eigenvalue weighted by atomic mass is 10.0. The molecule has 0 bridgehead atoms. The Morgan fingerprint density at radius 2 is 1.86 bits per heavy atom. The number of carbonyl (C=O) groups is 2. The van der Waals surface area contributed by atoms with Gasteiger partial charge in [-0.1, -0.05) is 13.0 Å². The van der Waals surface area contributed by atoms with Crippen LogP contribution in [0.5, 0.6) is 5.75 Å². The highest BCUT2D eigenvalue weighted by molar-refractivity contribution is 5.95. The minimum absolute atomic E-state index is 0.0104. The Bertz CT molecular complexity index is 1030. The Labute approximate surface area is 205 Å². The van der Waals surface area contributed by atoms with Gasteiger partial charge in [-0.15, -0.1) is 0 Å². The third-order valence-electron chi connectivity index (χ3n) is 5.98. The average Bonchev–Trinajstić information content (AvgIpc) is 2.83.